The smallest absolute Gasteiger partial charge is 0.176 e. The molecule has 0 saturated heterocycles. The molecule has 62 valence electrons. The minimum atomic E-state index is 0.512. The summed E-state index contributed by atoms with van der Waals surface area (Å²) in [5, 5.41) is 0. The summed E-state index contributed by atoms with van der Waals surface area (Å²) in [6.45, 7) is 0. The first-order valence-electron chi connectivity index (χ1n) is 3.22. The van der Waals surface area contributed by atoms with Crippen molar-refractivity contribution < 1.29 is 0 Å². The molecule has 0 amide bonds. The fraction of sp³-hybridized carbons (Fsp3) is 0.167. The van der Waals surface area contributed by atoms with E-state index in [1.165, 1.54) is 17.7 Å². The van der Waals surface area contributed by atoms with Crippen LogP contribution >= 0.6 is 23.1 Å². The summed E-state index contributed by atoms with van der Waals surface area (Å²) in [5.74, 6) is 0.512. The molecule has 0 radical (unpaired) electrons. The first kappa shape index (κ1) is 7.75. The van der Waals surface area contributed by atoms with Crippen LogP contribution < -0.4 is 5.73 Å². The van der Waals surface area contributed by atoms with Crippen LogP contribution in [0.2, 0.25) is 0 Å². The number of thioether (sulfide) groups is 1. The Morgan fingerprint density at radius 3 is 3.00 bits per heavy atom. The molecule has 2 aromatic rings. The lowest BCUT2D eigenvalue weighted by Gasteiger charge is -1.88. The van der Waals surface area contributed by atoms with Crippen LogP contribution in [-0.4, -0.2) is 21.2 Å². The largest absolute Gasteiger partial charge is 0.382 e. The minimum absolute atomic E-state index is 0.512. The minimum Gasteiger partial charge on any atom is -0.382 e. The number of nitrogens with zero attached hydrogens (tertiary/aromatic N) is 3. The lowest BCUT2D eigenvalue weighted by Crippen LogP contribution is -1.90. The molecule has 2 heterocycles. The summed E-state index contributed by atoms with van der Waals surface area (Å²) in [6.07, 6.45) is 3.41. The van der Waals surface area contributed by atoms with E-state index >= 15 is 0 Å². The van der Waals surface area contributed by atoms with Crippen molar-refractivity contribution in [1.29, 1.82) is 0 Å². The van der Waals surface area contributed by atoms with Gasteiger partial charge in [-0.1, -0.05) is 11.8 Å². The second-order valence-electron chi connectivity index (χ2n) is 2.10. The van der Waals surface area contributed by atoms with Gasteiger partial charge in [0.2, 0.25) is 0 Å². The maximum Gasteiger partial charge on any atom is 0.176 e. The van der Waals surface area contributed by atoms with Gasteiger partial charge in [-0.15, -0.1) is 11.3 Å². The van der Waals surface area contributed by atoms with Crippen LogP contribution in [0.3, 0.4) is 0 Å². The molecule has 0 bridgehead atoms. The molecule has 2 rings (SSSR count). The molecule has 2 N–H and O–H groups in total. The van der Waals surface area contributed by atoms with Crippen molar-refractivity contribution in [2.75, 3.05) is 12.0 Å². The van der Waals surface area contributed by atoms with Gasteiger partial charge in [-0.25, -0.2) is 15.0 Å². The van der Waals surface area contributed by atoms with Gasteiger partial charge in [-0.3, -0.25) is 0 Å². The van der Waals surface area contributed by atoms with Gasteiger partial charge in [0.25, 0.3) is 0 Å². The summed E-state index contributed by atoms with van der Waals surface area (Å²) in [4.78, 5) is 12.1. The van der Waals surface area contributed by atoms with Crippen LogP contribution in [0.4, 0.5) is 5.82 Å². The number of fused-ring (bicyclic) bond motifs is 1. The number of aromatic nitrogens is 3. The van der Waals surface area contributed by atoms with Crippen molar-refractivity contribution in [2.24, 2.45) is 0 Å². The maximum atomic E-state index is 5.63. The summed E-state index contributed by atoms with van der Waals surface area (Å²) < 4.78 is 1.85. The molecule has 2 aromatic heterocycles. The third kappa shape index (κ3) is 1.12. The number of nitrogens with two attached hydrogens (primary N) is 1. The van der Waals surface area contributed by atoms with Crippen molar-refractivity contribution in [1.82, 2.24) is 15.0 Å². The Bertz CT molecular complexity index is 411. The zero-order valence-electron chi connectivity index (χ0n) is 6.31. The predicted octanol–water partition coefficient (Wildman–Crippen LogP) is 1.39. The number of hydrogen-bond donors (Lipinski definition) is 1. The van der Waals surface area contributed by atoms with Gasteiger partial charge in [0.1, 0.15) is 16.8 Å². The predicted molar refractivity (Wildman–Crippen MR) is 51.4 cm³/mol. The van der Waals surface area contributed by atoms with E-state index in [2.05, 4.69) is 15.0 Å². The first-order valence-corrected chi connectivity index (χ1v) is 5.26. The highest BCUT2D eigenvalue weighted by Gasteiger charge is 2.06. The van der Waals surface area contributed by atoms with E-state index in [0.29, 0.717) is 11.5 Å². The highest BCUT2D eigenvalue weighted by Crippen LogP contribution is 2.29. The fourth-order valence-electron chi connectivity index (χ4n) is 0.839. The van der Waals surface area contributed by atoms with Gasteiger partial charge in [0, 0.05) is 0 Å². The van der Waals surface area contributed by atoms with Gasteiger partial charge in [0.15, 0.2) is 9.99 Å². The topological polar surface area (TPSA) is 64.7 Å². The van der Waals surface area contributed by atoms with Crippen LogP contribution in [0.25, 0.3) is 10.3 Å². The number of nitrogen functional groups attached to an aromatic ring is 1. The zero-order chi connectivity index (χ0) is 8.55. The fourth-order valence-corrected chi connectivity index (χ4v) is 2.25. The Balaban J connectivity index is 2.74. The quantitative estimate of drug-likeness (QED) is 0.701. The Labute approximate surface area is 77.2 Å². The van der Waals surface area contributed by atoms with Gasteiger partial charge >= 0.3 is 0 Å². The van der Waals surface area contributed by atoms with Gasteiger partial charge in [0.05, 0.1) is 0 Å². The average molecular weight is 198 g/mol. The molecular weight excluding hydrogens is 192 g/mol. The zero-order valence-corrected chi connectivity index (χ0v) is 7.95. The second kappa shape index (κ2) is 2.87. The number of hydrogen-bond acceptors (Lipinski definition) is 6. The van der Waals surface area contributed by atoms with Crippen molar-refractivity contribution in [3.05, 3.63) is 6.33 Å². The molecule has 0 spiro atoms. The summed E-state index contributed by atoms with van der Waals surface area (Å²) in [6, 6.07) is 0. The lowest BCUT2D eigenvalue weighted by atomic mass is 10.6. The van der Waals surface area contributed by atoms with E-state index in [1.807, 2.05) is 6.26 Å². The van der Waals surface area contributed by atoms with E-state index in [-0.39, 0.29) is 0 Å². The van der Waals surface area contributed by atoms with Crippen LogP contribution in [0.15, 0.2) is 10.7 Å². The molecule has 0 aromatic carbocycles. The number of rotatable bonds is 1. The molecule has 0 atom stereocenters. The van der Waals surface area contributed by atoms with Crippen LogP contribution in [0.1, 0.15) is 0 Å². The molecule has 0 aliphatic carbocycles. The summed E-state index contributed by atoms with van der Waals surface area (Å²) in [5.41, 5.74) is 6.33. The van der Waals surface area contributed by atoms with E-state index < -0.39 is 0 Å². The normalized spacial score (nSPS) is 10.8. The monoisotopic (exact) mass is 198 g/mol. The van der Waals surface area contributed by atoms with Crippen molar-refractivity contribution in [2.45, 2.75) is 4.34 Å². The molecule has 4 nitrogen and oxygen atoms in total. The molecule has 12 heavy (non-hydrogen) atoms. The molecule has 0 aliphatic rings. The Kier molecular flexibility index (Phi) is 1.86. The van der Waals surface area contributed by atoms with Gasteiger partial charge < -0.3 is 5.73 Å². The van der Waals surface area contributed by atoms with Crippen molar-refractivity contribution in [3.8, 4) is 0 Å². The SMILES string of the molecule is CSc1nc2ncnc(N)c2s1. The number of thiazole rings is 1. The lowest BCUT2D eigenvalue weighted by molar-refractivity contribution is 1.18. The van der Waals surface area contributed by atoms with Gasteiger partial charge in [-0.05, 0) is 6.26 Å². The molecule has 0 fully saturated rings. The molecule has 0 unspecified atom stereocenters. The third-order valence-corrected chi connectivity index (χ3v) is 3.43. The summed E-state index contributed by atoms with van der Waals surface area (Å²) >= 11 is 3.11. The molecule has 0 saturated carbocycles. The Hall–Kier alpha value is -0.880. The van der Waals surface area contributed by atoms with E-state index in [9.17, 15) is 0 Å². The second-order valence-corrected chi connectivity index (χ2v) is 4.15. The average Bonchev–Trinajstić information content (AvgIpc) is 2.49. The van der Waals surface area contributed by atoms with Gasteiger partial charge in [-0.2, -0.15) is 0 Å². The first-order chi connectivity index (χ1) is 5.81. The standard InChI is InChI=1S/C6H6N4S2/c1-11-6-10-5-3(12-6)4(7)8-2-9-5/h2H,1H3,(H2,7,8,9). The Morgan fingerprint density at radius 1 is 1.50 bits per heavy atom. The highest BCUT2D eigenvalue weighted by molar-refractivity contribution is 8.00. The highest BCUT2D eigenvalue weighted by atomic mass is 32.2. The molecule has 6 heteroatoms. The maximum absolute atomic E-state index is 5.63. The van der Waals surface area contributed by atoms with Crippen LogP contribution in [0.5, 0.6) is 0 Å². The molecule has 0 aliphatic heterocycles. The van der Waals surface area contributed by atoms with Crippen LogP contribution in [-0.2, 0) is 0 Å². The van der Waals surface area contributed by atoms with E-state index in [4.69, 9.17) is 5.73 Å². The van der Waals surface area contributed by atoms with E-state index in [0.717, 1.165) is 9.04 Å². The summed E-state index contributed by atoms with van der Waals surface area (Å²) in [7, 11) is 0. The Morgan fingerprint density at radius 2 is 2.33 bits per heavy atom. The number of anilines is 1. The third-order valence-electron chi connectivity index (χ3n) is 1.37. The molecular formula is C6H6N4S2. The van der Waals surface area contributed by atoms with Crippen LogP contribution in [0, 0.1) is 0 Å². The van der Waals surface area contributed by atoms with E-state index in [1.54, 1.807) is 11.8 Å². The van der Waals surface area contributed by atoms with Crippen molar-refractivity contribution in [3.63, 3.8) is 0 Å². The van der Waals surface area contributed by atoms with Crippen molar-refractivity contribution >= 4 is 39.3 Å².